The lowest BCUT2D eigenvalue weighted by molar-refractivity contribution is -0.135. The second-order valence-electron chi connectivity index (χ2n) is 3.99. The molecular weight excluding hydrogens is 234 g/mol. The van der Waals surface area contributed by atoms with E-state index >= 15 is 0 Å². The number of hydrogen-bond donors (Lipinski definition) is 0. The first-order chi connectivity index (χ1) is 8.51. The molecule has 1 aromatic carbocycles. The van der Waals surface area contributed by atoms with Crippen LogP contribution >= 0.6 is 0 Å². The van der Waals surface area contributed by atoms with Gasteiger partial charge in [0.05, 0.1) is 12.7 Å². The number of benzene rings is 1. The summed E-state index contributed by atoms with van der Waals surface area (Å²) < 4.78 is 10.7. The van der Waals surface area contributed by atoms with Crippen LogP contribution in [0.15, 0.2) is 18.2 Å². The Morgan fingerprint density at radius 3 is 2.56 bits per heavy atom. The highest BCUT2D eigenvalue weighted by Crippen LogP contribution is 2.30. The fourth-order valence-corrected chi connectivity index (χ4v) is 1.50. The average molecular weight is 251 g/mol. The minimum absolute atomic E-state index is 0.183. The van der Waals surface area contributed by atoms with Crippen molar-refractivity contribution in [2.75, 3.05) is 21.2 Å². The third kappa shape index (κ3) is 3.00. The van der Waals surface area contributed by atoms with Crippen molar-refractivity contribution in [1.29, 1.82) is 0 Å². The van der Waals surface area contributed by atoms with Crippen LogP contribution in [0, 0.1) is 0 Å². The summed E-state index contributed by atoms with van der Waals surface area (Å²) in [5.41, 5.74) is 0.354. The zero-order chi connectivity index (χ0) is 13.7. The molecule has 1 rings (SSSR count). The lowest BCUT2D eigenvalue weighted by Crippen LogP contribution is -2.35. The predicted molar refractivity (Wildman–Crippen MR) is 67.2 cm³/mol. The van der Waals surface area contributed by atoms with Crippen LogP contribution in [0.25, 0.3) is 0 Å². The van der Waals surface area contributed by atoms with Gasteiger partial charge in [-0.15, -0.1) is 0 Å². The fraction of sp³-hybridized carbons (Fsp3) is 0.385. The molecule has 1 aromatic rings. The zero-order valence-corrected chi connectivity index (χ0v) is 11.0. The number of carbonyl (C=O) groups excluding carboxylic acids is 2. The molecule has 0 saturated heterocycles. The first-order valence-corrected chi connectivity index (χ1v) is 5.51. The van der Waals surface area contributed by atoms with E-state index in [9.17, 15) is 9.59 Å². The van der Waals surface area contributed by atoms with Crippen LogP contribution in [-0.4, -0.2) is 44.4 Å². The van der Waals surface area contributed by atoms with E-state index in [1.807, 2.05) is 0 Å². The molecule has 0 radical (unpaired) electrons. The van der Waals surface area contributed by atoms with Gasteiger partial charge in [-0.25, -0.2) is 0 Å². The number of nitrogens with zero attached hydrogens (tertiary/aromatic N) is 1. The number of para-hydroxylation sites is 1. The van der Waals surface area contributed by atoms with E-state index < -0.39 is 6.10 Å². The van der Waals surface area contributed by atoms with Gasteiger partial charge in [-0.2, -0.15) is 0 Å². The lowest BCUT2D eigenvalue weighted by atomic mass is 10.2. The maximum Gasteiger partial charge on any atom is 0.262 e. The summed E-state index contributed by atoms with van der Waals surface area (Å²) in [6.45, 7) is 1.63. The molecule has 1 atom stereocenters. The van der Waals surface area contributed by atoms with Crippen molar-refractivity contribution in [2.45, 2.75) is 13.0 Å². The molecule has 5 nitrogen and oxygen atoms in total. The molecule has 5 heteroatoms. The van der Waals surface area contributed by atoms with Crippen LogP contribution < -0.4 is 9.47 Å². The Hall–Kier alpha value is -2.04. The predicted octanol–water partition coefficient (Wildman–Crippen LogP) is 1.36. The Balaban J connectivity index is 3.02. The summed E-state index contributed by atoms with van der Waals surface area (Å²) in [6.07, 6.45) is -0.0138. The summed E-state index contributed by atoms with van der Waals surface area (Å²) in [5.74, 6) is 0.536. The Kier molecular flexibility index (Phi) is 4.71. The van der Waals surface area contributed by atoms with E-state index in [0.717, 1.165) is 0 Å². The van der Waals surface area contributed by atoms with Crippen molar-refractivity contribution < 1.29 is 19.1 Å². The van der Waals surface area contributed by atoms with Crippen LogP contribution in [0.3, 0.4) is 0 Å². The second-order valence-corrected chi connectivity index (χ2v) is 3.99. The van der Waals surface area contributed by atoms with Crippen molar-refractivity contribution in [2.24, 2.45) is 0 Å². The fourth-order valence-electron chi connectivity index (χ4n) is 1.50. The third-order valence-electron chi connectivity index (χ3n) is 2.44. The molecular formula is C13H17NO4. The minimum Gasteiger partial charge on any atom is -0.493 e. The molecule has 0 aliphatic rings. The first kappa shape index (κ1) is 14.0. The van der Waals surface area contributed by atoms with Crippen molar-refractivity contribution >= 4 is 12.2 Å². The molecule has 0 bridgehead atoms. The van der Waals surface area contributed by atoms with E-state index in [4.69, 9.17) is 9.47 Å². The monoisotopic (exact) mass is 251 g/mol. The van der Waals surface area contributed by atoms with E-state index in [-0.39, 0.29) is 11.7 Å². The molecule has 1 amide bonds. The molecule has 0 aliphatic carbocycles. The third-order valence-corrected chi connectivity index (χ3v) is 2.44. The number of rotatable bonds is 5. The van der Waals surface area contributed by atoms with Gasteiger partial charge in [0.2, 0.25) is 0 Å². The van der Waals surface area contributed by atoms with Gasteiger partial charge in [-0.1, -0.05) is 6.07 Å². The van der Waals surface area contributed by atoms with E-state index in [1.54, 1.807) is 39.2 Å². The van der Waals surface area contributed by atoms with E-state index in [1.165, 1.54) is 12.0 Å². The topological polar surface area (TPSA) is 55.8 Å². The van der Waals surface area contributed by atoms with Gasteiger partial charge in [0.1, 0.15) is 0 Å². The summed E-state index contributed by atoms with van der Waals surface area (Å²) >= 11 is 0. The molecule has 0 spiro atoms. The highest BCUT2D eigenvalue weighted by Gasteiger charge is 2.20. The van der Waals surface area contributed by atoms with Crippen molar-refractivity contribution in [3.8, 4) is 11.5 Å². The van der Waals surface area contributed by atoms with Crippen LogP contribution in [0.4, 0.5) is 0 Å². The average Bonchev–Trinajstić information content (AvgIpc) is 2.37. The SMILES string of the molecule is COc1cccc(C=O)c1OC(C)C(=O)N(C)C. The van der Waals surface area contributed by atoms with E-state index in [0.29, 0.717) is 17.6 Å². The summed E-state index contributed by atoms with van der Waals surface area (Å²) in [5, 5.41) is 0. The molecule has 0 N–H and O–H groups in total. The van der Waals surface area contributed by atoms with Crippen LogP contribution in [0.5, 0.6) is 11.5 Å². The number of hydrogen-bond acceptors (Lipinski definition) is 4. The molecule has 0 saturated carbocycles. The molecule has 18 heavy (non-hydrogen) atoms. The highest BCUT2D eigenvalue weighted by molar-refractivity contribution is 5.83. The van der Waals surface area contributed by atoms with Crippen LogP contribution in [0.1, 0.15) is 17.3 Å². The minimum atomic E-state index is -0.685. The first-order valence-electron chi connectivity index (χ1n) is 5.51. The molecule has 0 aromatic heterocycles. The quantitative estimate of drug-likeness (QED) is 0.741. The van der Waals surface area contributed by atoms with Gasteiger partial charge in [-0.05, 0) is 19.1 Å². The summed E-state index contributed by atoms with van der Waals surface area (Å²) in [4.78, 5) is 24.1. The van der Waals surface area contributed by atoms with Gasteiger partial charge < -0.3 is 14.4 Å². The lowest BCUT2D eigenvalue weighted by Gasteiger charge is -2.20. The van der Waals surface area contributed by atoms with Gasteiger partial charge >= 0.3 is 0 Å². The number of amides is 1. The molecule has 0 aliphatic heterocycles. The van der Waals surface area contributed by atoms with Gasteiger partial charge in [-0.3, -0.25) is 9.59 Å². The van der Waals surface area contributed by atoms with Gasteiger partial charge in [0.25, 0.3) is 5.91 Å². The standard InChI is InChI=1S/C13H17NO4/c1-9(13(16)14(2)3)18-12-10(8-15)6-5-7-11(12)17-4/h5-9H,1-4H3. The van der Waals surface area contributed by atoms with Crippen molar-refractivity contribution in [1.82, 2.24) is 4.90 Å². The number of methoxy groups -OCH3 is 1. The molecule has 98 valence electrons. The molecule has 0 fully saturated rings. The van der Waals surface area contributed by atoms with E-state index in [2.05, 4.69) is 0 Å². The van der Waals surface area contributed by atoms with Crippen LogP contribution in [-0.2, 0) is 4.79 Å². The largest absolute Gasteiger partial charge is 0.493 e. The van der Waals surface area contributed by atoms with Gasteiger partial charge in [0.15, 0.2) is 23.9 Å². The van der Waals surface area contributed by atoms with Crippen LogP contribution in [0.2, 0.25) is 0 Å². The Morgan fingerprint density at radius 2 is 2.06 bits per heavy atom. The maximum absolute atomic E-state index is 11.7. The number of likely N-dealkylation sites (N-methyl/N-ethyl adjacent to an activating group) is 1. The number of carbonyl (C=O) groups is 2. The number of ether oxygens (including phenoxy) is 2. The molecule has 0 heterocycles. The highest BCUT2D eigenvalue weighted by atomic mass is 16.5. The second kappa shape index (κ2) is 6.05. The number of aldehydes is 1. The Bertz CT molecular complexity index is 443. The normalized spacial score (nSPS) is 11.6. The summed E-state index contributed by atoms with van der Waals surface area (Å²) in [7, 11) is 4.77. The Morgan fingerprint density at radius 1 is 1.39 bits per heavy atom. The zero-order valence-electron chi connectivity index (χ0n) is 11.0. The summed E-state index contributed by atoms with van der Waals surface area (Å²) in [6, 6.07) is 4.97. The van der Waals surface area contributed by atoms with Gasteiger partial charge in [0, 0.05) is 14.1 Å². The Labute approximate surface area is 106 Å². The smallest absolute Gasteiger partial charge is 0.262 e. The van der Waals surface area contributed by atoms with Crippen molar-refractivity contribution in [3.05, 3.63) is 23.8 Å². The maximum atomic E-state index is 11.7. The van der Waals surface area contributed by atoms with Crippen molar-refractivity contribution in [3.63, 3.8) is 0 Å². The molecule has 1 unspecified atom stereocenters.